The summed E-state index contributed by atoms with van der Waals surface area (Å²) in [6.45, 7) is 0. The summed E-state index contributed by atoms with van der Waals surface area (Å²) in [5.41, 5.74) is 11.1. The highest BCUT2D eigenvalue weighted by molar-refractivity contribution is 6.16. The van der Waals surface area contributed by atoms with Crippen molar-refractivity contribution < 1.29 is 4.42 Å². The van der Waals surface area contributed by atoms with Crippen LogP contribution < -0.4 is 0 Å². The molecule has 0 radical (unpaired) electrons. The van der Waals surface area contributed by atoms with Gasteiger partial charge in [0.25, 0.3) is 0 Å². The minimum absolute atomic E-state index is 0.904. The summed E-state index contributed by atoms with van der Waals surface area (Å²) in [6, 6.07) is 66.2. The van der Waals surface area contributed by atoms with Crippen molar-refractivity contribution >= 4 is 87.1 Å². The molecule has 9 aromatic carbocycles. The van der Waals surface area contributed by atoms with Gasteiger partial charge in [0.2, 0.25) is 0 Å². The Balaban J connectivity index is 1.08. The fourth-order valence-corrected chi connectivity index (χ4v) is 8.80. The van der Waals surface area contributed by atoms with E-state index in [9.17, 15) is 0 Å². The number of furan rings is 1. The van der Waals surface area contributed by atoms with Crippen molar-refractivity contribution in [3.05, 3.63) is 182 Å². The van der Waals surface area contributed by atoms with E-state index in [0.717, 1.165) is 38.7 Å². The van der Waals surface area contributed by atoms with Gasteiger partial charge >= 0.3 is 0 Å². The van der Waals surface area contributed by atoms with Gasteiger partial charge in [0.05, 0.1) is 27.8 Å². The van der Waals surface area contributed by atoms with Gasteiger partial charge in [-0.15, -0.1) is 0 Å². The van der Waals surface area contributed by atoms with Crippen LogP contribution in [0.25, 0.3) is 110 Å². The van der Waals surface area contributed by atoms with E-state index in [-0.39, 0.29) is 0 Å². The van der Waals surface area contributed by atoms with Crippen LogP contribution in [0.3, 0.4) is 0 Å². The highest BCUT2D eigenvalue weighted by Crippen LogP contribution is 2.41. The molecule has 53 heavy (non-hydrogen) atoms. The van der Waals surface area contributed by atoms with Gasteiger partial charge in [-0.2, -0.15) is 0 Å². The van der Waals surface area contributed by atoms with E-state index < -0.39 is 0 Å². The maximum absolute atomic E-state index is 6.53. The Hall–Kier alpha value is -7.10. The van der Waals surface area contributed by atoms with Crippen molar-refractivity contribution in [3.63, 3.8) is 0 Å². The average Bonchev–Trinajstić information content (AvgIpc) is 3.87. The molecular weight excluding hydrogens is 645 g/mol. The van der Waals surface area contributed by atoms with E-state index in [1.54, 1.807) is 0 Å². The Kier molecular flexibility index (Phi) is 5.77. The summed E-state index contributed by atoms with van der Waals surface area (Å²) < 4.78 is 11.3. The first-order chi connectivity index (χ1) is 26.3. The molecule has 12 aromatic rings. The van der Waals surface area contributed by atoms with Crippen LogP contribution in [-0.2, 0) is 0 Å². The standard InChI is InChI=1S/C50H30N2O/c1-2-11-32-26-37(23-20-31(32)10-1)51-45-24-21-36(29-42(45)43-27-33-12-3-4-13-34(33)30-48(43)51)35-22-25-46-41(28-35)38-14-5-7-17-44(38)52(46)47-18-9-16-40-39-15-6-8-19-49(39)53-50(40)47/h1-30H. The summed E-state index contributed by atoms with van der Waals surface area (Å²) in [4.78, 5) is 0. The zero-order valence-corrected chi connectivity index (χ0v) is 28.6. The normalized spacial score (nSPS) is 12.2. The number of rotatable bonds is 3. The van der Waals surface area contributed by atoms with Crippen LogP contribution >= 0.6 is 0 Å². The van der Waals surface area contributed by atoms with Gasteiger partial charge in [0.1, 0.15) is 5.58 Å². The smallest absolute Gasteiger partial charge is 0.159 e. The second-order valence-corrected chi connectivity index (χ2v) is 14.2. The third-order valence-electron chi connectivity index (χ3n) is 11.3. The molecule has 3 heteroatoms. The lowest BCUT2D eigenvalue weighted by Crippen LogP contribution is -1.94. The zero-order chi connectivity index (χ0) is 34.6. The molecule has 0 atom stereocenters. The Labute approximate surface area is 304 Å². The number of fused-ring (bicyclic) bond motifs is 11. The lowest BCUT2D eigenvalue weighted by atomic mass is 10.00. The molecule has 246 valence electrons. The van der Waals surface area contributed by atoms with Gasteiger partial charge in [-0.05, 0) is 99.4 Å². The highest BCUT2D eigenvalue weighted by Gasteiger charge is 2.19. The summed E-state index contributed by atoms with van der Waals surface area (Å²) in [5, 5.41) is 12.2. The third-order valence-corrected chi connectivity index (χ3v) is 11.3. The lowest BCUT2D eigenvalue weighted by molar-refractivity contribution is 0.666. The summed E-state index contributed by atoms with van der Waals surface area (Å²) in [5.74, 6) is 0. The van der Waals surface area contributed by atoms with Gasteiger partial charge < -0.3 is 13.6 Å². The number of aromatic nitrogens is 2. The van der Waals surface area contributed by atoms with E-state index in [1.165, 1.54) is 70.9 Å². The van der Waals surface area contributed by atoms with Gasteiger partial charge in [-0.25, -0.2) is 0 Å². The Morgan fingerprint density at radius 3 is 1.72 bits per heavy atom. The molecule has 0 saturated carbocycles. The second-order valence-electron chi connectivity index (χ2n) is 14.2. The first kappa shape index (κ1) is 28.6. The van der Waals surface area contributed by atoms with Crippen LogP contribution in [0.1, 0.15) is 0 Å². The van der Waals surface area contributed by atoms with Gasteiger partial charge in [0.15, 0.2) is 5.58 Å². The molecule has 0 saturated heterocycles. The number of nitrogens with zero attached hydrogens (tertiary/aromatic N) is 2. The van der Waals surface area contributed by atoms with Gasteiger partial charge in [-0.3, -0.25) is 0 Å². The summed E-state index contributed by atoms with van der Waals surface area (Å²) in [7, 11) is 0. The fourth-order valence-electron chi connectivity index (χ4n) is 8.80. The minimum Gasteiger partial charge on any atom is -0.454 e. The van der Waals surface area contributed by atoms with Crippen molar-refractivity contribution in [3.8, 4) is 22.5 Å². The molecule has 0 fully saturated rings. The van der Waals surface area contributed by atoms with Gasteiger partial charge in [-0.1, -0.05) is 115 Å². The van der Waals surface area contributed by atoms with Crippen LogP contribution in [0, 0.1) is 0 Å². The van der Waals surface area contributed by atoms with E-state index in [0.29, 0.717) is 0 Å². The number of hydrogen-bond acceptors (Lipinski definition) is 1. The molecule has 0 unspecified atom stereocenters. The molecule has 3 aromatic heterocycles. The van der Waals surface area contributed by atoms with Gasteiger partial charge in [0, 0.05) is 38.0 Å². The molecule has 3 heterocycles. The molecular formula is C50H30N2O. The van der Waals surface area contributed by atoms with Crippen LogP contribution in [0.2, 0.25) is 0 Å². The highest BCUT2D eigenvalue weighted by atomic mass is 16.3. The number of benzene rings is 9. The monoisotopic (exact) mass is 674 g/mol. The zero-order valence-electron chi connectivity index (χ0n) is 28.6. The molecule has 0 spiro atoms. The maximum atomic E-state index is 6.53. The molecule has 0 bridgehead atoms. The minimum atomic E-state index is 0.904. The summed E-state index contributed by atoms with van der Waals surface area (Å²) >= 11 is 0. The lowest BCUT2D eigenvalue weighted by Gasteiger charge is -2.11. The van der Waals surface area contributed by atoms with Crippen molar-refractivity contribution in [2.45, 2.75) is 0 Å². The number of para-hydroxylation sites is 3. The third kappa shape index (κ3) is 4.10. The van der Waals surface area contributed by atoms with E-state index in [4.69, 9.17) is 4.42 Å². The molecule has 3 nitrogen and oxygen atoms in total. The average molecular weight is 675 g/mol. The van der Waals surface area contributed by atoms with Crippen LogP contribution in [0.4, 0.5) is 0 Å². The van der Waals surface area contributed by atoms with Crippen molar-refractivity contribution in [1.82, 2.24) is 9.13 Å². The van der Waals surface area contributed by atoms with Crippen molar-refractivity contribution in [2.24, 2.45) is 0 Å². The SMILES string of the molecule is c1ccc2cc(-n3c4ccc(-c5ccc6c(c5)c5ccccc5n6-c5cccc6c5oc5ccccc56)cc4c4cc5ccccc5cc43)ccc2c1. The van der Waals surface area contributed by atoms with E-state index in [1.807, 2.05) is 6.07 Å². The second kappa shape index (κ2) is 10.7. The van der Waals surface area contributed by atoms with Crippen LogP contribution in [0.15, 0.2) is 186 Å². The van der Waals surface area contributed by atoms with E-state index >= 15 is 0 Å². The molecule has 0 amide bonds. The largest absolute Gasteiger partial charge is 0.454 e. The quantitative estimate of drug-likeness (QED) is 0.183. The predicted molar refractivity (Wildman–Crippen MR) is 223 cm³/mol. The maximum Gasteiger partial charge on any atom is 0.159 e. The topological polar surface area (TPSA) is 23.0 Å². The molecule has 0 aliphatic rings. The molecule has 0 aliphatic carbocycles. The first-order valence-corrected chi connectivity index (χ1v) is 18.2. The Morgan fingerprint density at radius 1 is 0.321 bits per heavy atom. The molecule has 12 rings (SSSR count). The van der Waals surface area contributed by atoms with Crippen LogP contribution in [-0.4, -0.2) is 9.13 Å². The van der Waals surface area contributed by atoms with Crippen LogP contribution in [0.5, 0.6) is 0 Å². The molecule has 0 N–H and O–H groups in total. The van der Waals surface area contributed by atoms with Crippen molar-refractivity contribution in [1.29, 1.82) is 0 Å². The Bertz CT molecular complexity index is 3470. The molecule has 0 aliphatic heterocycles. The number of hydrogen-bond donors (Lipinski definition) is 0. The van der Waals surface area contributed by atoms with Crippen molar-refractivity contribution in [2.75, 3.05) is 0 Å². The predicted octanol–water partition coefficient (Wildman–Crippen LogP) is 13.8. The van der Waals surface area contributed by atoms with E-state index in [2.05, 4.69) is 185 Å². The summed E-state index contributed by atoms with van der Waals surface area (Å²) in [6.07, 6.45) is 0. The fraction of sp³-hybridized carbons (Fsp3) is 0. The first-order valence-electron chi connectivity index (χ1n) is 18.2. The Morgan fingerprint density at radius 2 is 0.906 bits per heavy atom.